The number of carbonyl (C=O) groups excluding carboxylic acids is 1. The summed E-state index contributed by atoms with van der Waals surface area (Å²) in [6.45, 7) is 7.90. The lowest BCUT2D eigenvalue weighted by Gasteiger charge is -2.27. The van der Waals surface area contributed by atoms with Gasteiger partial charge in [-0.3, -0.25) is 9.69 Å². The predicted octanol–water partition coefficient (Wildman–Crippen LogP) is 0.833. The average Bonchev–Trinajstić information content (AvgIpc) is 2.29. The fraction of sp³-hybridized carbons (Fsp3) is 0.923. The summed E-state index contributed by atoms with van der Waals surface area (Å²) in [6, 6.07) is 0.284. The van der Waals surface area contributed by atoms with Gasteiger partial charge in [0.25, 0.3) is 0 Å². The van der Waals surface area contributed by atoms with Crippen molar-refractivity contribution < 1.29 is 4.79 Å². The largest absolute Gasteiger partial charge is 0.353 e. The normalized spacial score (nSPS) is 22.5. The summed E-state index contributed by atoms with van der Waals surface area (Å²) >= 11 is 0. The molecule has 0 aliphatic carbocycles. The molecule has 0 radical (unpaired) electrons. The average molecular weight is 241 g/mol. The summed E-state index contributed by atoms with van der Waals surface area (Å²) in [4.78, 5) is 13.8. The lowest BCUT2D eigenvalue weighted by molar-refractivity contribution is -0.122. The zero-order valence-electron chi connectivity index (χ0n) is 11.5. The molecule has 100 valence electrons. The first kappa shape index (κ1) is 14.5. The molecule has 2 N–H and O–H groups in total. The monoisotopic (exact) mass is 241 g/mol. The van der Waals surface area contributed by atoms with Gasteiger partial charge in [0.15, 0.2) is 0 Å². The highest BCUT2D eigenvalue weighted by Crippen LogP contribution is 2.10. The van der Waals surface area contributed by atoms with Crippen molar-refractivity contribution in [2.75, 3.05) is 33.2 Å². The third-order valence-corrected chi connectivity index (χ3v) is 3.40. The van der Waals surface area contributed by atoms with Gasteiger partial charge in [-0.25, -0.2) is 0 Å². The molecule has 1 rings (SSSR count). The van der Waals surface area contributed by atoms with E-state index in [2.05, 4.69) is 22.5 Å². The van der Waals surface area contributed by atoms with Crippen LogP contribution in [0.5, 0.6) is 0 Å². The Labute approximate surface area is 105 Å². The summed E-state index contributed by atoms with van der Waals surface area (Å²) in [5.41, 5.74) is 0. The van der Waals surface area contributed by atoms with E-state index in [4.69, 9.17) is 0 Å². The van der Waals surface area contributed by atoms with Crippen molar-refractivity contribution >= 4 is 5.91 Å². The van der Waals surface area contributed by atoms with Crippen LogP contribution in [-0.4, -0.2) is 50.1 Å². The second-order valence-corrected chi connectivity index (χ2v) is 5.29. The Bertz CT molecular complexity index is 227. The standard InChI is InChI=1S/C13H27N3O/c1-4-11(2)15-13(17)10-16(3)9-12-6-5-7-14-8-12/h11-12,14H,4-10H2,1-3H3,(H,15,17). The van der Waals surface area contributed by atoms with Crippen molar-refractivity contribution in [3.8, 4) is 0 Å². The molecule has 0 aromatic rings. The van der Waals surface area contributed by atoms with Gasteiger partial charge in [-0.1, -0.05) is 6.92 Å². The van der Waals surface area contributed by atoms with Crippen LogP contribution in [0.25, 0.3) is 0 Å². The molecule has 1 aliphatic heterocycles. The maximum absolute atomic E-state index is 11.7. The van der Waals surface area contributed by atoms with Crippen molar-refractivity contribution in [3.05, 3.63) is 0 Å². The number of carbonyl (C=O) groups is 1. The van der Waals surface area contributed by atoms with Crippen molar-refractivity contribution in [2.24, 2.45) is 5.92 Å². The van der Waals surface area contributed by atoms with E-state index in [9.17, 15) is 4.79 Å². The Balaban J connectivity index is 2.18. The fourth-order valence-corrected chi connectivity index (χ4v) is 2.25. The molecule has 4 nitrogen and oxygen atoms in total. The van der Waals surface area contributed by atoms with Gasteiger partial charge in [-0.05, 0) is 52.2 Å². The van der Waals surface area contributed by atoms with Gasteiger partial charge in [-0.2, -0.15) is 0 Å². The van der Waals surface area contributed by atoms with E-state index in [1.54, 1.807) is 0 Å². The van der Waals surface area contributed by atoms with Crippen LogP contribution in [0, 0.1) is 5.92 Å². The summed E-state index contributed by atoms with van der Waals surface area (Å²) in [6.07, 6.45) is 3.53. The topological polar surface area (TPSA) is 44.4 Å². The molecular formula is C13H27N3O. The SMILES string of the molecule is CCC(C)NC(=O)CN(C)CC1CCCNC1. The summed E-state index contributed by atoms with van der Waals surface area (Å²) in [7, 11) is 2.03. The molecule has 2 unspecified atom stereocenters. The molecule has 0 spiro atoms. The second kappa shape index (κ2) is 7.67. The van der Waals surface area contributed by atoms with Crippen LogP contribution in [0.15, 0.2) is 0 Å². The van der Waals surface area contributed by atoms with E-state index >= 15 is 0 Å². The van der Waals surface area contributed by atoms with Gasteiger partial charge >= 0.3 is 0 Å². The van der Waals surface area contributed by atoms with Gasteiger partial charge in [-0.15, -0.1) is 0 Å². The molecule has 0 aromatic carbocycles. The molecule has 0 bridgehead atoms. The zero-order valence-corrected chi connectivity index (χ0v) is 11.5. The van der Waals surface area contributed by atoms with Gasteiger partial charge in [0.05, 0.1) is 6.54 Å². The van der Waals surface area contributed by atoms with E-state index in [0.717, 1.165) is 26.1 Å². The highest BCUT2D eigenvalue weighted by Gasteiger charge is 2.16. The van der Waals surface area contributed by atoms with Gasteiger partial charge < -0.3 is 10.6 Å². The molecule has 1 amide bonds. The van der Waals surface area contributed by atoms with Crippen molar-refractivity contribution in [3.63, 3.8) is 0 Å². The smallest absolute Gasteiger partial charge is 0.234 e. The fourth-order valence-electron chi connectivity index (χ4n) is 2.25. The molecular weight excluding hydrogens is 214 g/mol. The van der Waals surface area contributed by atoms with Crippen LogP contribution >= 0.6 is 0 Å². The molecule has 2 atom stereocenters. The lowest BCUT2D eigenvalue weighted by atomic mass is 9.99. The van der Waals surface area contributed by atoms with E-state index < -0.39 is 0 Å². The molecule has 0 aromatic heterocycles. The third-order valence-electron chi connectivity index (χ3n) is 3.40. The first-order valence-corrected chi connectivity index (χ1v) is 6.80. The van der Waals surface area contributed by atoms with Crippen molar-refractivity contribution in [1.82, 2.24) is 15.5 Å². The van der Waals surface area contributed by atoms with Gasteiger partial charge in [0.2, 0.25) is 5.91 Å². The van der Waals surface area contributed by atoms with E-state index in [1.807, 2.05) is 14.0 Å². The number of hydrogen-bond donors (Lipinski definition) is 2. The van der Waals surface area contributed by atoms with Gasteiger partial charge in [0.1, 0.15) is 0 Å². The predicted molar refractivity (Wildman–Crippen MR) is 71.0 cm³/mol. The van der Waals surface area contributed by atoms with Crippen LogP contribution in [0.1, 0.15) is 33.1 Å². The second-order valence-electron chi connectivity index (χ2n) is 5.29. The molecule has 1 fully saturated rings. The minimum Gasteiger partial charge on any atom is -0.353 e. The van der Waals surface area contributed by atoms with Crippen LogP contribution in [0.2, 0.25) is 0 Å². The number of amides is 1. The lowest BCUT2D eigenvalue weighted by Crippen LogP contribution is -2.43. The number of nitrogens with one attached hydrogen (secondary N) is 2. The molecule has 0 saturated carbocycles. The first-order chi connectivity index (χ1) is 8.11. The van der Waals surface area contributed by atoms with Crippen LogP contribution in [0.4, 0.5) is 0 Å². The number of nitrogens with zero attached hydrogens (tertiary/aromatic N) is 1. The maximum Gasteiger partial charge on any atom is 0.234 e. The molecule has 1 aliphatic rings. The molecule has 1 saturated heterocycles. The highest BCUT2D eigenvalue weighted by atomic mass is 16.2. The molecule has 17 heavy (non-hydrogen) atoms. The Morgan fingerprint density at radius 3 is 2.94 bits per heavy atom. The maximum atomic E-state index is 11.7. The summed E-state index contributed by atoms with van der Waals surface area (Å²) < 4.78 is 0. The number of piperidine rings is 1. The molecule has 4 heteroatoms. The van der Waals surface area contributed by atoms with Gasteiger partial charge in [0, 0.05) is 12.6 Å². The third kappa shape index (κ3) is 6.03. The Kier molecular flexibility index (Phi) is 6.52. The van der Waals surface area contributed by atoms with E-state index in [-0.39, 0.29) is 11.9 Å². The Hall–Kier alpha value is -0.610. The van der Waals surface area contributed by atoms with Crippen LogP contribution in [0.3, 0.4) is 0 Å². The van der Waals surface area contributed by atoms with Crippen LogP contribution < -0.4 is 10.6 Å². The number of hydrogen-bond acceptors (Lipinski definition) is 3. The zero-order chi connectivity index (χ0) is 12.7. The minimum absolute atomic E-state index is 0.144. The quantitative estimate of drug-likeness (QED) is 0.724. The van der Waals surface area contributed by atoms with Crippen LogP contribution in [-0.2, 0) is 4.79 Å². The minimum atomic E-state index is 0.144. The number of rotatable bonds is 6. The highest BCUT2D eigenvalue weighted by molar-refractivity contribution is 5.78. The Morgan fingerprint density at radius 1 is 1.59 bits per heavy atom. The van der Waals surface area contributed by atoms with Crippen molar-refractivity contribution in [1.29, 1.82) is 0 Å². The first-order valence-electron chi connectivity index (χ1n) is 6.80. The number of likely N-dealkylation sites (N-methyl/N-ethyl adjacent to an activating group) is 1. The molecule has 1 heterocycles. The van der Waals surface area contributed by atoms with E-state index in [0.29, 0.717) is 12.5 Å². The van der Waals surface area contributed by atoms with E-state index in [1.165, 1.54) is 12.8 Å². The van der Waals surface area contributed by atoms with Crippen molar-refractivity contribution in [2.45, 2.75) is 39.2 Å². The summed E-state index contributed by atoms with van der Waals surface area (Å²) in [5.74, 6) is 0.843. The Morgan fingerprint density at radius 2 is 2.35 bits per heavy atom. The summed E-state index contributed by atoms with van der Waals surface area (Å²) in [5, 5.41) is 6.41.